The zero-order valence-electron chi connectivity index (χ0n) is 10.9. The van der Waals surface area contributed by atoms with Crippen LogP contribution in [0.2, 0.25) is 5.02 Å². The first-order valence-corrected chi connectivity index (χ1v) is 7.25. The second-order valence-corrected chi connectivity index (χ2v) is 5.63. The molecule has 0 saturated carbocycles. The van der Waals surface area contributed by atoms with E-state index in [-0.39, 0.29) is 0 Å². The molecule has 1 aliphatic heterocycles. The fourth-order valence-electron chi connectivity index (χ4n) is 2.67. The van der Waals surface area contributed by atoms with E-state index in [1.54, 1.807) is 0 Å². The zero-order valence-corrected chi connectivity index (χ0v) is 11.7. The lowest BCUT2D eigenvalue weighted by molar-refractivity contribution is 0.0662. The Morgan fingerprint density at radius 2 is 2.16 bits per heavy atom. The van der Waals surface area contributed by atoms with Gasteiger partial charge in [0.1, 0.15) is 0 Å². The van der Waals surface area contributed by atoms with Crippen LogP contribution in [-0.4, -0.2) is 24.7 Å². The van der Waals surface area contributed by atoms with Crippen molar-refractivity contribution >= 4 is 22.5 Å². The summed E-state index contributed by atoms with van der Waals surface area (Å²) in [5, 5.41) is 5.58. The number of hydrogen-bond donors (Lipinski definition) is 2. The van der Waals surface area contributed by atoms with E-state index < -0.39 is 0 Å². The monoisotopic (exact) mass is 278 g/mol. The number of aromatic nitrogens is 1. The summed E-state index contributed by atoms with van der Waals surface area (Å²) in [6.45, 7) is 3.80. The Hall–Kier alpha value is -1.03. The lowest BCUT2D eigenvalue weighted by Crippen LogP contribution is -2.27. The fourth-order valence-corrected chi connectivity index (χ4v) is 2.84. The fraction of sp³-hybridized carbons (Fsp3) is 0.467. The van der Waals surface area contributed by atoms with E-state index in [4.69, 9.17) is 16.3 Å². The average Bonchev–Trinajstić information content (AvgIpc) is 2.82. The average molecular weight is 279 g/mol. The summed E-state index contributed by atoms with van der Waals surface area (Å²) in [6, 6.07) is 6.00. The SMILES string of the molecule is Clc1ccc2c(CNCC3CCOCC3)c[nH]c2c1. The Morgan fingerprint density at radius 3 is 3.00 bits per heavy atom. The summed E-state index contributed by atoms with van der Waals surface area (Å²) in [6.07, 6.45) is 4.42. The summed E-state index contributed by atoms with van der Waals surface area (Å²) < 4.78 is 5.38. The van der Waals surface area contributed by atoms with Crippen molar-refractivity contribution in [2.75, 3.05) is 19.8 Å². The highest BCUT2D eigenvalue weighted by molar-refractivity contribution is 6.31. The molecule has 3 rings (SSSR count). The van der Waals surface area contributed by atoms with Crippen molar-refractivity contribution in [1.29, 1.82) is 0 Å². The maximum Gasteiger partial charge on any atom is 0.0472 e. The first-order chi connectivity index (χ1) is 9.33. The first kappa shape index (κ1) is 13.0. The molecule has 0 bridgehead atoms. The molecule has 1 fully saturated rings. The molecule has 19 heavy (non-hydrogen) atoms. The molecule has 2 heterocycles. The molecule has 2 N–H and O–H groups in total. The van der Waals surface area contributed by atoms with Gasteiger partial charge in [-0.2, -0.15) is 0 Å². The van der Waals surface area contributed by atoms with Gasteiger partial charge in [0.05, 0.1) is 0 Å². The third-order valence-electron chi connectivity index (χ3n) is 3.82. The maximum absolute atomic E-state index is 5.99. The minimum atomic E-state index is 0.758. The van der Waals surface area contributed by atoms with E-state index in [0.717, 1.165) is 42.8 Å². The molecule has 4 heteroatoms. The van der Waals surface area contributed by atoms with Crippen LogP contribution in [0.4, 0.5) is 0 Å². The maximum atomic E-state index is 5.99. The van der Waals surface area contributed by atoms with Gasteiger partial charge in [-0.25, -0.2) is 0 Å². The number of nitrogens with one attached hydrogen (secondary N) is 2. The van der Waals surface area contributed by atoms with E-state index in [0.29, 0.717) is 0 Å². The Bertz CT molecular complexity index is 546. The van der Waals surface area contributed by atoms with E-state index >= 15 is 0 Å². The quantitative estimate of drug-likeness (QED) is 0.900. The third-order valence-corrected chi connectivity index (χ3v) is 4.05. The largest absolute Gasteiger partial charge is 0.381 e. The molecule has 0 atom stereocenters. The molecule has 1 aromatic carbocycles. The Balaban J connectivity index is 1.59. The molecule has 0 unspecified atom stereocenters. The van der Waals surface area contributed by atoms with Gasteiger partial charge in [-0.15, -0.1) is 0 Å². The van der Waals surface area contributed by atoms with Crippen LogP contribution in [0.25, 0.3) is 10.9 Å². The highest BCUT2D eigenvalue weighted by Gasteiger charge is 2.13. The van der Waals surface area contributed by atoms with Crippen LogP contribution in [0.1, 0.15) is 18.4 Å². The normalized spacial score (nSPS) is 17.1. The molecule has 3 nitrogen and oxygen atoms in total. The predicted octanol–water partition coefficient (Wildman–Crippen LogP) is 3.34. The number of benzene rings is 1. The van der Waals surface area contributed by atoms with Gasteiger partial charge in [0.2, 0.25) is 0 Å². The van der Waals surface area contributed by atoms with E-state index in [1.807, 2.05) is 12.1 Å². The van der Waals surface area contributed by atoms with Gasteiger partial charge in [0, 0.05) is 41.9 Å². The third kappa shape index (κ3) is 3.11. The highest BCUT2D eigenvalue weighted by Crippen LogP contribution is 2.22. The van der Waals surface area contributed by atoms with Crippen molar-refractivity contribution in [3.8, 4) is 0 Å². The standard InChI is InChI=1S/C15H19ClN2O/c16-13-1-2-14-12(10-18-15(14)7-13)9-17-8-11-3-5-19-6-4-11/h1-2,7,10-11,17-18H,3-6,8-9H2. The van der Waals surface area contributed by atoms with Crippen molar-refractivity contribution in [1.82, 2.24) is 10.3 Å². The van der Waals surface area contributed by atoms with Crippen molar-refractivity contribution in [2.45, 2.75) is 19.4 Å². The van der Waals surface area contributed by atoms with Gasteiger partial charge in [0.25, 0.3) is 0 Å². The predicted molar refractivity (Wildman–Crippen MR) is 78.6 cm³/mol. The van der Waals surface area contributed by atoms with Crippen LogP contribution in [-0.2, 0) is 11.3 Å². The zero-order chi connectivity index (χ0) is 13.1. The van der Waals surface area contributed by atoms with Crippen molar-refractivity contribution in [3.05, 3.63) is 35.0 Å². The van der Waals surface area contributed by atoms with E-state index in [1.165, 1.54) is 23.8 Å². The number of H-pyrrole nitrogens is 1. The van der Waals surface area contributed by atoms with Crippen molar-refractivity contribution in [3.63, 3.8) is 0 Å². The summed E-state index contributed by atoms with van der Waals surface area (Å²) in [7, 11) is 0. The molecular formula is C15H19ClN2O. The Morgan fingerprint density at radius 1 is 1.32 bits per heavy atom. The highest BCUT2D eigenvalue weighted by atomic mass is 35.5. The molecule has 1 aliphatic rings. The molecule has 1 aromatic heterocycles. The number of ether oxygens (including phenoxy) is 1. The summed E-state index contributed by atoms with van der Waals surface area (Å²) in [5.41, 5.74) is 2.41. The number of aromatic amines is 1. The lowest BCUT2D eigenvalue weighted by Gasteiger charge is -2.22. The van der Waals surface area contributed by atoms with Crippen molar-refractivity contribution < 1.29 is 4.74 Å². The first-order valence-electron chi connectivity index (χ1n) is 6.87. The summed E-state index contributed by atoms with van der Waals surface area (Å²) in [4.78, 5) is 3.27. The summed E-state index contributed by atoms with van der Waals surface area (Å²) >= 11 is 5.99. The van der Waals surface area contributed by atoms with E-state index in [9.17, 15) is 0 Å². The Kier molecular flexibility index (Phi) is 4.06. The van der Waals surface area contributed by atoms with Crippen LogP contribution in [0.5, 0.6) is 0 Å². The molecule has 1 saturated heterocycles. The minimum absolute atomic E-state index is 0.758. The second kappa shape index (κ2) is 5.95. The molecule has 102 valence electrons. The van der Waals surface area contributed by atoms with Crippen LogP contribution in [0, 0.1) is 5.92 Å². The summed E-state index contributed by atoms with van der Waals surface area (Å²) in [5.74, 6) is 0.758. The molecule has 0 aliphatic carbocycles. The number of halogens is 1. The topological polar surface area (TPSA) is 37.0 Å². The molecule has 0 spiro atoms. The minimum Gasteiger partial charge on any atom is -0.381 e. The molecular weight excluding hydrogens is 260 g/mol. The van der Waals surface area contributed by atoms with Gasteiger partial charge >= 0.3 is 0 Å². The van der Waals surface area contributed by atoms with Gasteiger partial charge in [-0.05, 0) is 43.0 Å². The van der Waals surface area contributed by atoms with Gasteiger partial charge in [-0.3, -0.25) is 0 Å². The van der Waals surface area contributed by atoms with E-state index in [2.05, 4.69) is 22.6 Å². The van der Waals surface area contributed by atoms with Crippen LogP contribution >= 0.6 is 11.6 Å². The molecule has 0 radical (unpaired) electrons. The number of rotatable bonds is 4. The number of hydrogen-bond acceptors (Lipinski definition) is 2. The van der Waals surface area contributed by atoms with Crippen LogP contribution < -0.4 is 5.32 Å². The molecule has 2 aromatic rings. The van der Waals surface area contributed by atoms with Gasteiger partial charge in [0.15, 0.2) is 0 Å². The van der Waals surface area contributed by atoms with Crippen molar-refractivity contribution in [2.24, 2.45) is 5.92 Å². The number of fused-ring (bicyclic) bond motifs is 1. The lowest BCUT2D eigenvalue weighted by atomic mass is 10.0. The van der Waals surface area contributed by atoms with Gasteiger partial charge in [-0.1, -0.05) is 17.7 Å². The smallest absolute Gasteiger partial charge is 0.0472 e. The van der Waals surface area contributed by atoms with Crippen LogP contribution in [0.3, 0.4) is 0 Å². The van der Waals surface area contributed by atoms with Crippen LogP contribution in [0.15, 0.2) is 24.4 Å². The van der Waals surface area contributed by atoms with Gasteiger partial charge < -0.3 is 15.0 Å². The second-order valence-electron chi connectivity index (χ2n) is 5.19. The molecule has 0 amide bonds. The Labute approximate surface area is 118 Å².